The third kappa shape index (κ3) is 3.05. The van der Waals surface area contributed by atoms with Crippen molar-refractivity contribution in [1.82, 2.24) is 9.44 Å². The summed E-state index contributed by atoms with van der Waals surface area (Å²) in [6.45, 7) is 1.49. The Bertz CT molecular complexity index is 839. The number of fused-ring (bicyclic) bond motifs is 1. The third-order valence-corrected chi connectivity index (χ3v) is 5.31. The van der Waals surface area contributed by atoms with Gasteiger partial charge in [0.25, 0.3) is 0 Å². The Balaban J connectivity index is 1.39. The predicted molar refractivity (Wildman–Crippen MR) is 95.0 cm³/mol. The zero-order chi connectivity index (χ0) is 16.4. The topological polar surface area (TPSA) is 42.4 Å². The van der Waals surface area contributed by atoms with Crippen LogP contribution < -0.4 is 0 Å². The fourth-order valence-electron chi connectivity index (χ4n) is 3.16. The van der Waals surface area contributed by atoms with Gasteiger partial charge in [-0.05, 0) is 42.6 Å². The highest BCUT2D eigenvalue weighted by molar-refractivity contribution is 7.13. The van der Waals surface area contributed by atoms with Crippen LogP contribution >= 0.6 is 11.5 Å². The Labute approximate surface area is 144 Å². The van der Waals surface area contributed by atoms with E-state index in [4.69, 9.17) is 4.84 Å². The number of carbonyl (C=O) groups excluding carboxylic acids is 1. The highest BCUT2D eigenvalue weighted by Gasteiger charge is 2.26. The molecule has 0 amide bonds. The molecule has 0 bridgehead atoms. The average molecular weight is 338 g/mol. The van der Waals surface area contributed by atoms with Crippen LogP contribution in [0.5, 0.6) is 0 Å². The van der Waals surface area contributed by atoms with Crippen molar-refractivity contribution in [3.8, 4) is 0 Å². The van der Waals surface area contributed by atoms with Gasteiger partial charge < -0.3 is 4.84 Å². The van der Waals surface area contributed by atoms with Crippen LogP contribution in [0, 0.1) is 0 Å². The molecule has 3 aromatic rings. The van der Waals surface area contributed by atoms with E-state index in [0.29, 0.717) is 11.5 Å². The number of rotatable bonds is 3. The van der Waals surface area contributed by atoms with Gasteiger partial charge in [-0.2, -0.15) is 4.37 Å². The van der Waals surface area contributed by atoms with E-state index in [2.05, 4.69) is 28.6 Å². The van der Waals surface area contributed by atoms with Crippen molar-refractivity contribution in [1.29, 1.82) is 0 Å². The Morgan fingerprint density at radius 3 is 2.54 bits per heavy atom. The largest absolute Gasteiger partial charge is 0.364 e. The van der Waals surface area contributed by atoms with Gasteiger partial charge in [-0.25, -0.2) is 4.79 Å². The standard InChI is InChI=1S/C19H18N2O2S/c22-19(15-6-2-1-3-7-15)23-21-12-10-14(11-13-21)18-16-8-4-5-9-17(16)24-20-18/h1-9,14H,10-13H2. The van der Waals surface area contributed by atoms with Crippen LogP contribution in [0.15, 0.2) is 54.6 Å². The second kappa shape index (κ2) is 6.71. The van der Waals surface area contributed by atoms with Gasteiger partial charge in [0, 0.05) is 24.4 Å². The van der Waals surface area contributed by atoms with Crippen molar-refractivity contribution in [3.05, 3.63) is 65.9 Å². The molecule has 2 aromatic carbocycles. The molecule has 0 spiro atoms. The molecule has 1 aliphatic heterocycles. The molecule has 1 fully saturated rings. The first kappa shape index (κ1) is 15.3. The van der Waals surface area contributed by atoms with Gasteiger partial charge >= 0.3 is 5.97 Å². The first-order valence-corrected chi connectivity index (χ1v) is 8.95. The summed E-state index contributed by atoms with van der Waals surface area (Å²) in [6.07, 6.45) is 1.91. The smallest absolute Gasteiger partial charge is 0.357 e. The first-order chi connectivity index (χ1) is 11.8. The minimum atomic E-state index is -0.284. The molecule has 0 N–H and O–H groups in total. The minimum Gasteiger partial charge on any atom is -0.364 e. The quantitative estimate of drug-likeness (QED) is 0.716. The summed E-state index contributed by atoms with van der Waals surface area (Å²) in [6, 6.07) is 17.5. The van der Waals surface area contributed by atoms with Gasteiger partial charge in [0.2, 0.25) is 0 Å². The number of nitrogens with zero attached hydrogens (tertiary/aromatic N) is 2. The number of piperidine rings is 1. The maximum absolute atomic E-state index is 12.1. The lowest BCUT2D eigenvalue weighted by atomic mass is 9.92. The molecule has 4 nitrogen and oxygen atoms in total. The summed E-state index contributed by atoms with van der Waals surface area (Å²) in [4.78, 5) is 17.6. The zero-order valence-corrected chi connectivity index (χ0v) is 14.0. The van der Waals surface area contributed by atoms with E-state index < -0.39 is 0 Å². The lowest BCUT2D eigenvalue weighted by Gasteiger charge is -2.29. The molecule has 4 rings (SSSR count). The van der Waals surface area contributed by atoms with Crippen LogP contribution in [0.3, 0.4) is 0 Å². The molecule has 0 saturated carbocycles. The molecule has 2 heterocycles. The molecule has 24 heavy (non-hydrogen) atoms. The lowest BCUT2D eigenvalue weighted by molar-refractivity contribution is -0.122. The summed E-state index contributed by atoms with van der Waals surface area (Å²) in [5.41, 5.74) is 1.79. The lowest BCUT2D eigenvalue weighted by Crippen LogP contribution is -2.35. The van der Waals surface area contributed by atoms with Crippen LogP contribution in [-0.2, 0) is 4.84 Å². The minimum absolute atomic E-state index is 0.284. The molecule has 0 unspecified atom stereocenters. The SMILES string of the molecule is O=C(ON1CCC(c2nsc3ccccc23)CC1)c1ccccc1. The van der Waals surface area contributed by atoms with Crippen molar-refractivity contribution >= 4 is 27.6 Å². The van der Waals surface area contributed by atoms with Crippen molar-refractivity contribution in [2.45, 2.75) is 18.8 Å². The average Bonchev–Trinajstić information content (AvgIpc) is 3.07. The first-order valence-electron chi connectivity index (χ1n) is 8.18. The van der Waals surface area contributed by atoms with E-state index in [1.807, 2.05) is 18.2 Å². The summed E-state index contributed by atoms with van der Waals surface area (Å²) >= 11 is 1.57. The number of hydrogen-bond acceptors (Lipinski definition) is 5. The molecule has 1 saturated heterocycles. The summed E-state index contributed by atoms with van der Waals surface area (Å²) in [5, 5.41) is 3.04. The van der Waals surface area contributed by atoms with E-state index in [1.165, 1.54) is 15.8 Å². The Morgan fingerprint density at radius 2 is 1.75 bits per heavy atom. The van der Waals surface area contributed by atoms with Crippen LogP contribution in [0.1, 0.15) is 34.8 Å². The molecule has 122 valence electrons. The van der Waals surface area contributed by atoms with Crippen LogP contribution in [0.2, 0.25) is 0 Å². The Hall–Kier alpha value is -2.24. The number of carbonyl (C=O) groups is 1. The predicted octanol–water partition coefficient (Wildman–Crippen LogP) is 4.25. The molecule has 1 aromatic heterocycles. The number of hydroxylamine groups is 2. The second-order valence-corrected chi connectivity index (χ2v) is 6.82. The zero-order valence-electron chi connectivity index (χ0n) is 13.2. The molecule has 5 heteroatoms. The number of benzene rings is 2. The van der Waals surface area contributed by atoms with Gasteiger partial charge in [0.15, 0.2) is 0 Å². The summed E-state index contributed by atoms with van der Waals surface area (Å²) < 4.78 is 5.91. The van der Waals surface area contributed by atoms with E-state index >= 15 is 0 Å². The van der Waals surface area contributed by atoms with Crippen molar-refractivity contribution in [2.24, 2.45) is 0 Å². The molecular weight excluding hydrogens is 320 g/mol. The van der Waals surface area contributed by atoms with Crippen molar-refractivity contribution in [3.63, 3.8) is 0 Å². The maximum atomic E-state index is 12.1. The van der Waals surface area contributed by atoms with Crippen molar-refractivity contribution in [2.75, 3.05) is 13.1 Å². The van der Waals surface area contributed by atoms with E-state index in [1.54, 1.807) is 28.7 Å². The maximum Gasteiger partial charge on any atom is 0.357 e. The molecule has 1 aliphatic rings. The Morgan fingerprint density at radius 1 is 1.04 bits per heavy atom. The normalized spacial score (nSPS) is 16.3. The monoisotopic (exact) mass is 338 g/mol. The number of aromatic nitrogens is 1. The second-order valence-electron chi connectivity index (χ2n) is 6.01. The van der Waals surface area contributed by atoms with Crippen molar-refractivity contribution < 1.29 is 9.63 Å². The van der Waals surface area contributed by atoms with Gasteiger partial charge in [-0.1, -0.05) is 36.4 Å². The van der Waals surface area contributed by atoms with Gasteiger partial charge in [0.05, 0.1) is 16.0 Å². The molecule has 0 aliphatic carbocycles. The fraction of sp³-hybridized carbons (Fsp3) is 0.263. The Kier molecular flexibility index (Phi) is 4.28. The van der Waals surface area contributed by atoms with Gasteiger partial charge in [0.1, 0.15) is 0 Å². The fourth-order valence-corrected chi connectivity index (χ4v) is 4.02. The van der Waals surface area contributed by atoms with Gasteiger partial charge in [-0.3, -0.25) is 0 Å². The number of hydrogen-bond donors (Lipinski definition) is 0. The van der Waals surface area contributed by atoms with Crippen LogP contribution in [0.25, 0.3) is 10.1 Å². The summed E-state index contributed by atoms with van der Waals surface area (Å²) in [5.74, 6) is 0.154. The van der Waals surface area contributed by atoms with Crippen LogP contribution in [-0.4, -0.2) is 28.5 Å². The third-order valence-electron chi connectivity index (χ3n) is 4.47. The highest BCUT2D eigenvalue weighted by Crippen LogP contribution is 2.34. The van der Waals surface area contributed by atoms with Gasteiger partial charge in [-0.15, -0.1) is 5.06 Å². The molecule has 0 atom stereocenters. The van der Waals surface area contributed by atoms with E-state index in [-0.39, 0.29) is 5.97 Å². The summed E-state index contributed by atoms with van der Waals surface area (Å²) in [7, 11) is 0. The van der Waals surface area contributed by atoms with Crippen LogP contribution in [0.4, 0.5) is 0 Å². The molecular formula is C19H18N2O2S. The van der Waals surface area contributed by atoms with E-state index in [9.17, 15) is 4.79 Å². The van der Waals surface area contributed by atoms with E-state index in [0.717, 1.165) is 25.9 Å². The highest BCUT2D eigenvalue weighted by atomic mass is 32.1. The molecule has 0 radical (unpaired) electrons.